The molecule has 0 aromatic heterocycles. The lowest BCUT2D eigenvalue weighted by Crippen LogP contribution is -2.43. The number of aliphatic hydroxyl groups excluding tert-OH is 2. The summed E-state index contributed by atoms with van der Waals surface area (Å²) in [6.45, 7) is 7.57. The van der Waals surface area contributed by atoms with Gasteiger partial charge in [0, 0.05) is 0 Å². The van der Waals surface area contributed by atoms with Gasteiger partial charge in [0.1, 0.15) is 5.60 Å². The van der Waals surface area contributed by atoms with Gasteiger partial charge in [-0.3, -0.25) is 0 Å². The van der Waals surface area contributed by atoms with Crippen molar-refractivity contribution in [3.63, 3.8) is 0 Å². The van der Waals surface area contributed by atoms with Crippen molar-refractivity contribution < 1.29 is 15.3 Å². The van der Waals surface area contributed by atoms with Crippen molar-refractivity contribution >= 4 is 0 Å². The van der Waals surface area contributed by atoms with Crippen LogP contribution >= 0.6 is 0 Å². The molecular weight excluding hydrogens is 336 g/mol. The van der Waals surface area contributed by atoms with E-state index in [1.807, 2.05) is 0 Å². The zero-order valence-corrected chi connectivity index (χ0v) is 17.5. The Bertz CT molecular complexity index is 457. The van der Waals surface area contributed by atoms with Gasteiger partial charge in [-0.1, -0.05) is 69.9 Å². The van der Waals surface area contributed by atoms with E-state index in [0.29, 0.717) is 24.7 Å². The van der Waals surface area contributed by atoms with Crippen molar-refractivity contribution in [2.75, 3.05) is 6.61 Å². The van der Waals surface area contributed by atoms with Gasteiger partial charge < -0.3 is 15.3 Å². The third-order valence-electron chi connectivity index (χ3n) is 6.06. The number of rotatable bonds is 14. The molecule has 1 rings (SSSR count). The van der Waals surface area contributed by atoms with Gasteiger partial charge >= 0.3 is 0 Å². The molecule has 1 aliphatic rings. The first-order valence-electron chi connectivity index (χ1n) is 10.9. The van der Waals surface area contributed by atoms with Gasteiger partial charge in [0.05, 0.1) is 12.7 Å². The normalized spacial score (nSPS) is 25.1. The van der Waals surface area contributed by atoms with E-state index in [9.17, 15) is 15.3 Å². The van der Waals surface area contributed by atoms with E-state index in [0.717, 1.165) is 12.3 Å². The second-order valence-electron chi connectivity index (χ2n) is 8.37. The summed E-state index contributed by atoms with van der Waals surface area (Å²) in [6, 6.07) is 0. The highest BCUT2D eigenvalue weighted by Crippen LogP contribution is 2.35. The SMILES string of the molecule is C=CC(O)(CO)C(O)CC/C=C\C[C@H]1CCC[C@@H]1/C=C/[C@H](C)CCCCC. The monoisotopic (exact) mass is 378 g/mol. The molecule has 0 aromatic rings. The Morgan fingerprint density at radius 2 is 1.96 bits per heavy atom. The molecule has 1 aliphatic carbocycles. The molecule has 3 N–H and O–H groups in total. The summed E-state index contributed by atoms with van der Waals surface area (Å²) < 4.78 is 0. The highest BCUT2D eigenvalue weighted by atomic mass is 16.4. The molecule has 2 unspecified atom stereocenters. The molecule has 0 aliphatic heterocycles. The van der Waals surface area contributed by atoms with Gasteiger partial charge in [0.15, 0.2) is 0 Å². The van der Waals surface area contributed by atoms with Crippen LogP contribution in [0.3, 0.4) is 0 Å². The molecule has 27 heavy (non-hydrogen) atoms. The summed E-state index contributed by atoms with van der Waals surface area (Å²) >= 11 is 0. The molecular formula is C24H42O3. The zero-order valence-electron chi connectivity index (χ0n) is 17.5. The van der Waals surface area contributed by atoms with E-state index in [1.54, 1.807) is 0 Å². The van der Waals surface area contributed by atoms with E-state index in [4.69, 9.17) is 0 Å². The minimum atomic E-state index is -1.59. The van der Waals surface area contributed by atoms with Crippen molar-refractivity contribution in [2.45, 2.75) is 89.8 Å². The van der Waals surface area contributed by atoms with Crippen LogP contribution in [0.25, 0.3) is 0 Å². The molecule has 3 heteroatoms. The highest BCUT2D eigenvalue weighted by molar-refractivity contribution is 5.02. The summed E-state index contributed by atoms with van der Waals surface area (Å²) in [6.07, 6.45) is 20.8. The van der Waals surface area contributed by atoms with Crippen molar-refractivity contribution in [2.24, 2.45) is 17.8 Å². The highest BCUT2D eigenvalue weighted by Gasteiger charge is 2.30. The van der Waals surface area contributed by atoms with Gasteiger partial charge in [-0.05, 0) is 56.3 Å². The second-order valence-corrected chi connectivity index (χ2v) is 8.37. The van der Waals surface area contributed by atoms with Crippen LogP contribution in [0.15, 0.2) is 37.0 Å². The Labute approximate surface area is 166 Å². The van der Waals surface area contributed by atoms with Crippen molar-refractivity contribution in [3.05, 3.63) is 37.0 Å². The molecule has 5 atom stereocenters. The summed E-state index contributed by atoms with van der Waals surface area (Å²) in [5, 5.41) is 29.2. The first kappa shape index (κ1) is 24.1. The standard InChI is InChI=1S/C24H42O3/c1-4-6-8-12-20(3)17-18-22-15-11-14-21(22)13-9-7-10-16-23(26)24(27,5-2)19-25/h5,7,9,17-18,20-23,25-27H,2,4,6,8,10-16,19H2,1,3H3/b9-7-,18-17+/t20-,21+,22-,23?,24?/m1/s1. The number of aliphatic hydroxyl groups is 3. The largest absolute Gasteiger partial charge is 0.393 e. The summed E-state index contributed by atoms with van der Waals surface area (Å²) in [7, 11) is 0. The molecule has 0 radical (unpaired) electrons. The van der Waals surface area contributed by atoms with Crippen molar-refractivity contribution in [1.29, 1.82) is 0 Å². The minimum Gasteiger partial charge on any atom is -0.393 e. The lowest BCUT2D eigenvalue weighted by atomic mass is 9.90. The smallest absolute Gasteiger partial charge is 0.131 e. The molecule has 0 bridgehead atoms. The van der Waals surface area contributed by atoms with E-state index in [1.165, 1.54) is 51.0 Å². The third kappa shape index (κ3) is 8.76. The van der Waals surface area contributed by atoms with Crippen molar-refractivity contribution in [1.82, 2.24) is 0 Å². The fourth-order valence-electron chi connectivity index (χ4n) is 3.96. The maximum atomic E-state index is 10.00. The Balaban J connectivity index is 2.34. The van der Waals surface area contributed by atoms with Gasteiger partial charge in [0.25, 0.3) is 0 Å². The molecule has 156 valence electrons. The molecule has 0 heterocycles. The number of allylic oxidation sites excluding steroid dienone is 4. The lowest BCUT2D eigenvalue weighted by molar-refractivity contribution is -0.0731. The average molecular weight is 379 g/mol. The van der Waals surface area contributed by atoms with E-state index in [2.05, 4.69) is 44.7 Å². The Hall–Kier alpha value is -0.900. The Morgan fingerprint density at radius 3 is 2.63 bits per heavy atom. The van der Waals surface area contributed by atoms with Gasteiger partial charge in [-0.15, -0.1) is 6.58 Å². The predicted molar refractivity (Wildman–Crippen MR) is 115 cm³/mol. The lowest BCUT2D eigenvalue weighted by Gasteiger charge is -2.27. The van der Waals surface area contributed by atoms with Crippen LogP contribution in [-0.2, 0) is 0 Å². The minimum absolute atomic E-state index is 0.419. The summed E-state index contributed by atoms with van der Waals surface area (Å²) in [5.41, 5.74) is -1.59. The molecule has 0 saturated heterocycles. The maximum Gasteiger partial charge on any atom is 0.131 e. The first-order chi connectivity index (χ1) is 13.0. The second kappa shape index (κ2) is 13.3. The zero-order chi connectivity index (χ0) is 20.1. The van der Waals surface area contributed by atoms with Crippen LogP contribution < -0.4 is 0 Å². The van der Waals surface area contributed by atoms with Crippen LogP contribution in [0.1, 0.15) is 78.1 Å². The quantitative estimate of drug-likeness (QED) is 0.288. The Kier molecular flexibility index (Phi) is 11.9. The summed E-state index contributed by atoms with van der Waals surface area (Å²) in [5.74, 6) is 2.12. The molecule has 1 saturated carbocycles. The van der Waals surface area contributed by atoms with Crippen molar-refractivity contribution in [3.8, 4) is 0 Å². The molecule has 0 amide bonds. The van der Waals surface area contributed by atoms with Gasteiger partial charge in [0.2, 0.25) is 0 Å². The van der Waals surface area contributed by atoms with E-state index >= 15 is 0 Å². The fourth-order valence-corrected chi connectivity index (χ4v) is 3.96. The first-order valence-corrected chi connectivity index (χ1v) is 10.9. The van der Waals surface area contributed by atoms with E-state index in [-0.39, 0.29) is 0 Å². The third-order valence-corrected chi connectivity index (χ3v) is 6.06. The molecule has 1 fully saturated rings. The number of hydrogen-bond acceptors (Lipinski definition) is 3. The predicted octanol–water partition coefficient (Wildman–Crippen LogP) is 5.17. The van der Waals surface area contributed by atoms with Crippen LogP contribution in [-0.4, -0.2) is 33.6 Å². The average Bonchev–Trinajstić information content (AvgIpc) is 3.12. The van der Waals surface area contributed by atoms with Crippen LogP contribution in [0, 0.1) is 17.8 Å². The number of hydrogen-bond donors (Lipinski definition) is 3. The van der Waals surface area contributed by atoms with Crippen LogP contribution in [0.2, 0.25) is 0 Å². The van der Waals surface area contributed by atoms with Gasteiger partial charge in [-0.2, -0.15) is 0 Å². The topological polar surface area (TPSA) is 60.7 Å². The van der Waals surface area contributed by atoms with Crippen LogP contribution in [0.4, 0.5) is 0 Å². The van der Waals surface area contributed by atoms with Crippen LogP contribution in [0.5, 0.6) is 0 Å². The maximum absolute atomic E-state index is 10.00. The number of unbranched alkanes of at least 4 members (excludes halogenated alkanes) is 2. The molecule has 3 nitrogen and oxygen atoms in total. The molecule has 0 spiro atoms. The summed E-state index contributed by atoms with van der Waals surface area (Å²) in [4.78, 5) is 0. The molecule has 0 aromatic carbocycles. The fraction of sp³-hybridized carbons (Fsp3) is 0.750. The van der Waals surface area contributed by atoms with Gasteiger partial charge in [-0.25, -0.2) is 0 Å². The Morgan fingerprint density at radius 1 is 1.19 bits per heavy atom. The van der Waals surface area contributed by atoms with E-state index < -0.39 is 18.3 Å².